The fraction of sp³-hybridized carbons (Fsp3) is 1.00. The Kier molecular flexibility index (Phi) is 8.72. The Hall–Kier alpha value is 0.180. The van der Waals surface area contributed by atoms with E-state index in [0.29, 0.717) is 51.4 Å². The molecule has 0 bridgehead atoms. The zero-order chi connectivity index (χ0) is 20.9. The number of hydrogen-bond acceptors (Lipinski definition) is 6. The Bertz CT molecular complexity index is 583. The van der Waals surface area contributed by atoms with Crippen molar-refractivity contribution in [2.75, 3.05) is 0 Å². The molecular weight excluding hydrogens is 410 g/mol. The van der Waals surface area contributed by atoms with Crippen molar-refractivity contribution < 1.29 is 43.4 Å². The van der Waals surface area contributed by atoms with Crippen LogP contribution in [0.4, 0.5) is 0 Å². The summed E-state index contributed by atoms with van der Waals surface area (Å²) in [5, 5.41) is 17.9. The van der Waals surface area contributed by atoms with E-state index in [-0.39, 0.29) is 6.10 Å². The van der Waals surface area contributed by atoms with E-state index in [4.69, 9.17) is 19.6 Å². The minimum absolute atomic E-state index is 0.374. The van der Waals surface area contributed by atoms with Gasteiger partial charge in [0.2, 0.25) is 0 Å². The lowest BCUT2D eigenvalue weighted by Gasteiger charge is -2.18. The van der Waals surface area contributed by atoms with Gasteiger partial charge < -0.3 is 19.8 Å². The van der Waals surface area contributed by atoms with Crippen LogP contribution in [0.15, 0.2) is 0 Å². The monoisotopic (exact) mass is 444 g/mol. The summed E-state index contributed by atoms with van der Waals surface area (Å²) in [6.07, 6.45) is 9.82. The lowest BCUT2D eigenvalue weighted by Crippen LogP contribution is -2.12. The average molecular weight is 444 g/mol. The highest BCUT2D eigenvalue weighted by atomic mass is 31.2. The van der Waals surface area contributed by atoms with E-state index in [1.807, 2.05) is 0 Å². The van der Waals surface area contributed by atoms with Gasteiger partial charge in [-0.1, -0.05) is 38.5 Å². The third-order valence-corrected chi connectivity index (χ3v) is 8.72. The first kappa shape index (κ1) is 24.4. The van der Waals surface area contributed by atoms with Crippen LogP contribution < -0.4 is 0 Å². The molecule has 0 aromatic rings. The van der Waals surface area contributed by atoms with Crippen molar-refractivity contribution in [1.82, 2.24) is 0 Å². The molecule has 2 fully saturated rings. The van der Waals surface area contributed by atoms with Crippen LogP contribution in [-0.2, 0) is 18.3 Å². The summed E-state index contributed by atoms with van der Waals surface area (Å²) < 4.78 is 31.3. The van der Waals surface area contributed by atoms with Crippen LogP contribution in [0, 0.1) is 0 Å². The van der Waals surface area contributed by atoms with Crippen molar-refractivity contribution in [3.05, 3.63) is 0 Å². The number of rotatable bonds is 16. The maximum atomic E-state index is 11.7. The second-order valence-corrected chi connectivity index (χ2v) is 11.8. The van der Waals surface area contributed by atoms with E-state index < -0.39 is 26.2 Å². The number of aliphatic hydroxyl groups excluding tert-OH is 1. The Morgan fingerprint density at radius 1 is 0.821 bits per heavy atom. The van der Waals surface area contributed by atoms with Gasteiger partial charge >= 0.3 is 15.4 Å². The van der Waals surface area contributed by atoms with Crippen LogP contribution in [0.5, 0.6) is 0 Å². The Balaban J connectivity index is 1.46. The maximum Gasteiger partial charge on any atom is 0.470 e. The number of aliphatic hydroxyl groups is 1. The normalized spacial score (nSPS) is 23.2. The minimum Gasteiger partial charge on any atom is -0.393 e. The molecule has 2 rings (SSSR count). The van der Waals surface area contributed by atoms with E-state index in [1.165, 1.54) is 0 Å². The van der Waals surface area contributed by atoms with Gasteiger partial charge in [0.1, 0.15) is 0 Å². The molecule has 11 heteroatoms. The van der Waals surface area contributed by atoms with Gasteiger partial charge in [-0.15, -0.1) is 0 Å². The van der Waals surface area contributed by atoms with Crippen molar-refractivity contribution in [2.45, 2.75) is 107 Å². The predicted octanol–water partition coefficient (Wildman–Crippen LogP) is 4.10. The van der Waals surface area contributed by atoms with Gasteiger partial charge in [0, 0.05) is 0 Å². The first-order valence-corrected chi connectivity index (χ1v) is 13.2. The third-order valence-electron chi connectivity index (χ3n) is 6.01. The largest absolute Gasteiger partial charge is 0.470 e. The SMILES string of the molecule is O=P(O)(O)OC1(CCCCCC(O)CCCCCC2(P(=O)(O)OO)CC2)CC1. The van der Waals surface area contributed by atoms with E-state index >= 15 is 0 Å². The summed E-state index contributed by atoms with van der Waals surface area (Å²) in [5.74, 6) is 0. The number of hydrogen-bond donors (Lipinski definition) is 5. The Morgan fingerprint density at radius 3 is 1.79 bits per heavy atom. The van der Waals surface area contributed by atoms with Crippen molar-refractivity contribution in [2.24, 2.45) is 0 Å². The highest BCUT2D eigenvalue weighted by molar-refractivity contribution is 7.54. The molecule has 0 saturated heterocycles. The molecule has 2 aliphatic carbocycles. The molecule has 0 radical (unpaired) electrons. The van der Waals surface area contributed by atoms with Gasteiger partial charge in [-0.3, -0.25) is 9.09 Å². The topological polar surface area (TPSA) is 154 Å². The van der Waals surface area contributed by atoms with Gasteiger partial charge in [0.15, 0.2) is 0 Å². The minimum atomic E-state index is -4.42. The third kappa shape index (κ3) is 7.78. The molecule has 0 aliphatic heterocycles. The van der Waals surface area contributed by atoms with Crippen LogP contribution in [-0.4, -0.2) is 41.9 Å². The molecule has 2 atom stereocenters. The molecule has 2 aliphatic rings. The lowest BCUT2D eigenvalue weighted by atomic mass is 10.0. The van der Waals surface area contributed by atoms with Gasteiger partial charge in [0.05, 0.1) is 16.9 Å². The molecule has 0 aromatic carbocycles. The summed E-state index contributed by atoms with van der Waals surface area (Å²) >= 11 is 0. The predicted molar refractivity (Wildman–Crippen MR) is 103 cm³/mol. The van der Waals surface area contributed by atoms with E-state index in [1.54, 1.807) is 0 Å². The van der Waals surface area contributed by atoms with Gasteiger partial charge in [-0.25, -0.2) is 9.82 Å². The summed E-state index contributed by atoms with van der Waals surface area (Å²) in [4.78, 5) is 27.4. The number of phosphoric acid groups is 1. The lowest BCUT2D eigenvalue weighted by molar-refractivity contribution is -0.148. The van der Waals surface area contributed by atoms with Crippen molar-refractivity contribution in [3.8, 4) is 0 Å². The fourth-order valence-electron chi connectivity index (χ4n) is 3.84. The highest BCUT2D eigenvalue weighted by Crippen LogP contribution is 2.69. The van der Waals surface area contributed by atoms with E-state index in [0.717, 1.165) is 38.5 Å². The van der Waals surface area contributed by atoms with Crippen molar-refractivity contribution in [1.29, 1.82) is 0 Å². The average Bonchev–Trinajstić information content (AvgIpc) is 3.50. The second kappa shape index (κ2) is 9.99. The Labute approximate surface area is 166 Å². The van der Waals surface area contributed by atoms with Crippen LogP contribution in [0.3, 0.4) is 0 Å². The first-order valence-electron chi connectivity index (χ1n) is 10.1. The van der Waals surface area contributed by atoms with Crippen LogP contribution in [0.1, 0.15) is 89.9 Å². The summed E-state index contributed by atoms with van der Waals surface area (Å²) in [6.45, 7) is 0. The molecule has 9 nitrogen and oxygen atoms in total. The zero-order valence-electron chi connectivity index (χ0n) is 16.2. The maximum absolute atomic E-state index is 11.7. The zero-order valence-corrected chi connectivity index (χ0v) is 18.0. The number of unbranched alkanes of at least 4 members (excludes halogenated alkanes) is 4. The molecule has 28 heavy (non-hydrogen) atoms. The summed E-state index contributed by atoms with van der Waals surface area (Å²) in [7, 11) is -8.34. The van der Waals surface area contributed by atoms with Crippen molar-refractivity contribution in [3.63, 3.8) is 0 Å². The molecule has 0 heterocycles. The van der Waals surface area contributed by atoms with Crippen LogP contribution in [0.2, 0.25) is 0 Å². The molecule has 0 amide bonds. The fourth-order valence-corrected chi connectivity index (χ4v) is 5.91. The molecular formula is C17H34O9P2. The molecule has 5 N–H and O–H groups in total. The smallest absolute Gasteiger partial charge is 0.393 e. The quantitative estimate of drug-likeness (QED) is 0.102. The Morgan fingerprint density at radius 2 is 1.36 bits per heavy atom. The molecule has 2 saturated carbocycles. The summed E-state index contributed by atoms with van der Waals surface area (Å²) in [6, 6.07) is 0. The molecule has 2 unspecified atom stereocenters. The molecule has 0 spiro atoms. The van der Waals surface area contributed by atoms with E-state index in [9.17, 15) is 19.1 Å². The first-order chi connectivity index (χ1) is 13.0. The summed E-state index contributed by atoms with van der Waals surface area (Å²) in [5.41, 5.74) is -0.629. The second-order valence-electron chi connectivity index (χ2n) is 8.44. The molecule has 166 valence electrons. The standard InChI is InChI=1S/C17H34O9P2/c18-15(7-3-1-5-9-16(11-12-16)25-28(22,23)24)8-4-2-6-10-17(13-14-17)27(20,21)26-19/h15,18-19H,1-14H2,(H,20,21)(H2,22,23,24). The van der Waals surface area contributed by atoms with Gasteiger partial charge in [-0.2, -0.15) is 4.67 Å². The van der Waals surface area contributed by atoms with Crippen LogP contribution in [0.25, 0.3) is 0 Å². The highest BCUT2D eigenvalue weighted by Gasteiger charge is 2.58. The van der Waals surface area contributed by atoms with Gasteiger partial charge in [-0.05, 0) is 51.4 Å². The molecule has 0 aromatic heterocycles. The number of phosphoric ester groups is 1. The van der Waals surface area contributed by atoms with E-state index in [2.05, 4.69) is 4.67 Å². The van der Waals surface area contributed by atoms with Crippen LogP contribution >= 0.6 is 15.4 Å². The van der Waals surface area contributed by atoms with Gasteiger partial charge in [0.25, 0.3) is 0 Å². The van der Waals surface area contributed by atoms with Crippen molar-refractivity contribution >= 4 is 15.4 Å².